The molecule has 12 aromatic rings. The minimum atomic E-state index is 0.613. The van der Waals surface area contributed by atoms with Crippen LogP contribution in [-0.2, 0) is 0 Å². The first-order valence-corrected chi connectivity index (χ1v) is 19.0. The molecule has 0 fully saturated rings. The Kier molecular flexibility index (Phi) is 6.60. The number of fused-ring (bicyclic) bond motifs is 3. The van der Waals surface area contributed by atoms with E-state index in [1.165, 1.54) is 59.2 Å². The Morgan fingerprint density at radius 2 is 0.786 bits per heavy atom. The first-order chi connectivity index (χ1) is 27.7. The van der Waals surface area contributed by atoms with E-state index in [2.05, 4.69) is 133 Å². The van der Waals surface area contributed by atoms with Gasteiger partial charge in [0, 0.05) is 33.8 Å². The normalized spacial score (nSPS) is 11.9. The van der Waals surface area contributed by atoms with Crippen molar-refractivity contribution in [1.82, 2.24) is 19.9 Å². The lowest BCUT2D eigenvalue weighted by molar-refractivity contribution is 1.08. The van der Waals surface area contributed by atoms with Gasteiger partial charge in [0.15, 0.2) is 17.5 Å². The fraction of sp³-hybridized carbons (Fsp3) is 0. The first kappa shape index (κ1) is 30.9. The van der Waals surface area contributed by atoms with Crippen molar-refractivity contribution >= 4 is 75.5 Å². The van der Waals surface area contributed by atoms with E-state index in [0.717, 1.165) is 44.1 Å². The van der Waals surface area contributed by atoms with Crippen molar-refractivity contribution < 1.29 is 0 Å². The molecule has 0 aliphatic carbocycles. The summed E-state index contributed by atoms with van der Waals surface area (Å²) in [6.45, 7) is 0. The lowest BCUT2D eigenvalue weighted by atomic mass is 9.87. The number of aromatic nitrogens is 4. The van der Waals surface area contributed by atoms with Gasteiger partial charge in [-0.2, -0.15) is 0 Å². The van der Waals surface area contributed by atoms with Crippen LogP contribution in [0.25, 0.3) is 121 Å². The predicted octanol–water partition coefficient (Wildman–Crippen LogP) is 13.4. The Labute approximate surface area is 321 Å². The smallest absolute Gasteiger partial charge is 0.164 e. The summed E-state index contributed by atoms with van der Waals surface area (Å²) in [5, 5.41) is 15.9. The van der Waals surface area contributed by atoms with Crippen LogP contribution in [0.5, 0.6) is 0 Å². The third-order valence-corrected chi connectivity index (χ3v) is 11.4. The molecule has 4 heteroatoms. The molecule has 0 amide bonds. The number of benzene rings is 9. The van der Waals surface area contributed by atoms with E-state index >= 15 is 0 Å². The summed E-state index contributed by atoms with van der Waals surface area (Å²) in [4.78, 5) is 20.5. The number of hydrogen-bond donors (Lipinski definition) is 0. The standard InChI is InChI=1S/C52H30N4/c1-2-11-34(12-3-1)50-54-51(56-52(55-50)43-18-6-5-17-39(43)38-27-35-13-4-7-22-45(35)53-30-38)37-28-36-26-25-33-15-9-20-41-40-19-8-14-31-23-24-32-16-10-21-42(48(32)46(31)40)44(29-37)49(36)47(33)41/h1-30H. The largest absolute Gasteiger partial charge is 0.256 e. The molecule has 258 valence electrons. The van der Waals surface area contributed by atoms with Gasteiger partial charge < -0.3 is 0 Å². The molecule has 0 unspecified atom stereocenters. The van der Waals surface area contributed by atoms with Gasteiger partial charge in [-0.05, 0) is 94.5 Å². The highest BCUT2D eigenvalue weighted by Gasteiger charge is 2.20. The highest BCUT2D eigenvalue weighted by atomic mass is 15.0. The van der Waals surface area contributed by atoms with Crippen molar-refractivity contribution in [2.75, 3.05) is 0 Å². The van der Waals surface area contributed by atoms with Crippen LogP contribution in [0, 0.1) is 0 Å². The minimum Gasteiger partial charge on any atom is -0.256 e. The molecule has 2 heterocycles. The van der Waals surface area contributed by atoms with Crippen LogP contribution in [-0.4, -0.2) is 19.9 Å². The topological polar surface area (TPSA) is 51.6 Å². The number of hydrogen-bond acceptors (Lipinski definition) is 4. The van der Waals surface area contributed by atoms with Gasteiger partial charge in [0.25, 0.3) is 0 Å². The van der Waals surface area contributed by atoms with Crippen LogP contribution < -0.4 is 0 Å². The van der Waals surface area contributed by atoms with Gasteiger partial charge in [0.1, 0.15) is 0 Å². The van der Waals surface area contributed by atoms with Crippen molar-refractivity contribution in [1.29, 1.82) is 0 Å². The van der Waals surface area contributed by atoms with Gasteiger partial charge in [-0.25, -0.2) is 15.0 Å². The molecule has 0 N–H and O–H groups in total. The zero-order valence-corrected chi connectivity index (χ0v) is 30.1. The molecule has 56 heavy (non-hydrogen) atoms. The molecule has 12 rings (SSSR count). The maximum Gasteiger partial charge on any atom is 0.164 e. The summed E-state index contributed by atoms with van der Waals surface area (Å²) < 4.78 is 0. The third kappa shape index (κ3) is 4.66. The van der Waals surface area contributed by atoms with Gasteiger partial charge in [0.2, 0.25) is 0 Å². The number of rotatable bonds is 4. The summed E-state index contributed by atoms with van der Waals surface area (Å²) in [5.74, 6) is 1.86. The molecule has 0 bridgehead atoms. The Bertz CT molecular complexity index is 3530. The molecule has 10 aromatic carbocycles. The van der Waals surface area contributed by atoms with Crippen LogP contribution in [0.15, 0.2) is 182 Å². The van der Waals surface area contributed by atoms with E-state index in [-0.39, 0.29) is 0 Å². The van der Waals surface area contributed by atoms with Crippen molar-refractivity contribution in [3.8, 4) is 45.3 Å². The maximum absolute atomic E-state index is 5.33. The molecule has 0 atom stereocenters. The average molecular weight is 711 g/mol. The molecule has 0 radical (unpaired) electrons. The summed E-state index contributed by atoms with van der Waals surface area (Å²) >= 11 is 0. The fourth-order valence-electron chi connectivity index (χ4n) is 8.90. The predicted molar refractivity (Wildman–Crippen MR) is 233 cm³/mol. The Morgan fingerprint density at radius 1 is 0.286 bits per heavy atom. The van der Waals surface area contributed by atoms with Crippen LogP contribution in [0.2, 0.25) is 0 Å². The lowest BCUT2D eigenvalue weighted by Crippen LogP contribution is -2.01. The Hall–Kier alpha value is -7.56. The zero-order chi connectivity index (χ0) is 36.7. The Morgan fingerprint density at radius 3 is 1.48 bits per heavy atom. The highest BCUT2D eigenvalue weighted by Crippen LogP contribution is 2.44. The average Bonchev–Trinajstić information content (AvgIpc) is 3.27. The summed E-state index contributed by atoms with van der Waals surface area (Å²) in [6, 6.07) is 62.7. The highest BCUT2D eigenvalue weighted by molar-refractivity contribution is 6.37. The first-order valence-electron chi connectivity index (χ1n) is 19.0. The lowest BCUT2D eigenvalue weighted by Gasteiger charge is -2.17. The molecular formula is C52H30N4. The molecule has 0 saturated carbocycles. The van der Waals surface area contributed by atoms with Crippen molar-refractivity contribution in [3.05, 3.63) is 182 Å². The van der Waals surface area contributed by atoms with Crippen LogP contribution in [0.3, 0.4) is 0 Å². The van der Waals surface area contributed by atoms with Crippen molar-refractivity contribution in [2.24, 2.45) is 0 Å². The molecule has 0 aliphatic rings. The zero-order valence-electron chi connectivity index (χ0n) is 30.1. The summed E-state index contributed by atoms with van der Waals surface area (Å²) in [6.07, 6.45) is 1.94. The second-order valence-corrected chi connectivity index (χ2v) is 14.6. The summed E-state index contributed by atoms with van der Waals surface area (Å²) in [5.41, 5.74) is 5.78. The number of pyridine rings is 1. The van der Waals surface area contributed by atoms with E-state index in [1.54, 1.807) is 0 Å². The van der Waals surface area contributed by atoms with E-state index in [4.69, 9.17) is 19.9 Å². The Balaban J connectivity index is 1.18. The number of nitrogens with zero attached hydrogens (tertiary/aromatic N) is 4. The van der Waals surface area contributed by atoms with E-state index in [9.17, 15) is 0 Å². The quantitative estimate of drug-likeness (QED) is 0.171. The van der Waals surface area contributed by atoms with Gasteiger partial charge in [-0.3, -0.25) is 4.98 Å². The molecule has 2 aromatic heterocycles. The number of para-hydroxylation sites is 1. The van der Waals surface area contributed by atoms with E-state index < -0.39 is 0 Å². The maximum atomic E-state index is 5.33. The second-order valence-electron chi connectivity index (χ2n) is 14.6. The summed E-state index contributed by atoms with van der Waals surface area (Å²) in [7, 11) is 0. The fourth-order valence-corrected chi connectivity index (χ4v) is 8.90. The van der Waals surface area contributed by atoms with Crippen molar-refractivity contribution in [3.63, 3.8) is 0 Å². The molecule has 4 nitrogen and oxygen atoms in total. The van der Waals surface area contributed by atoms with Crippen LogP contribution in [0.1, 0.15) is 0 Å². The van der Waals surface area contributed by atoms with E-state index in [0.29, 0.717) is 17.5 Å². The van der Waals surface area contributed by atoms with Crippen molar-refractivity contribution in [2.45, 2.75) is 0 Å². The second kappa shape index (κ2) is 12.0. The van der Waals surface area contributed by atoms with E-state index in [1.807, 2.05) is 48.7 Å². The molecule has 0 aliphatic heterocycles. The van der Waals surface area contributed by atoms with Crippen LogP contribution in [0.4, 0.5) is 0 Å². The monoisotopic (exact) mass is 710 g/mol. The van der Waals surface area contributed by atoms with Gasteiger partial charge in [-0.15, -0.1) is 0 Å². The van der Waals surface area contributed by atoms with Gasteiger partial charge in [-0.1, -0.05) is 152 Å². The van der Waals surface area contributed by atoms with Crippen LogP contribution >= 0.6 is 0 Å². The molecule has 0 spiro atoms. The van der Waals surface area contributed by atoms with Gasteiger partial charge in [0.05, 0.1) is 5.52 Å². The minimum absolute atomic E-state index is 0.613. The SMILES string of the molecule is c1ccc(-c2nc(-c3cc4ccc5cccc6c7cccc8ccc9cccc(c(c3)c4c56)c9c87)nc(-c3ccccc3-c3cnc4ccccc4c3)n2)cc1. The third-order valence-electron chi connectivity index (χ3n) is 11.4. The van der Waals surface area contributed by atoms with Gasteiger partial charge >= 0.3 is 0 Å². The molecule has 0 saturated heterocycles. The molecular weight excluding hydrogens is 681 g/mol.